The first kappa shape index (κ1) is 14.3. The number of allylic oxidation sites excluding steroid dienone is 2. The molecule has 0 aromatic heterocycles. The van der Waals surface area contributed by atoms with E-state index >= 15 is 0 Å². The number of hydrogen-bond donors (Lipinski definition) is 2. The number of aliphatic carboxylic acids is 1. The largest absolute Gasteiger partial charge is 0.481 e. The van der Waals surface area contributed by atoms with Gasteiger partial charge in [0.2, 0.25) is 5.91 Å². The molecule has 0 radical (unpaired) electrons. The predicted octanol–water partition coefficient (Wildman–Crippen LogP) is 1.57. The molecule has 18 heavy (non-hydrogen) atoms. The van der Waals surface area contributed by atoms with Gasteiger partial charge in [0.05, 0.1) is 17.9 Å². The highest BCUT2D eigenvalue weighted by atomic mass is 16.4. The van der Waals surface area contributed by atoms with Crippen molar-refractivity contribution in [1.29, 1.82) is 0 Å². The van der Waals surface area contributed by atoms with Crippen molar-refractivity contribution in [3.8, 4) is 12.3 Å². The number of amides is 1. The summed E-state index contributed by atoms with van der Waals surface area (Å²) in [6, 6.07) is -0.303. The van der Waals surface area contributed by atoms with Crippen molar-refractivity contribution in [2.24, 2.45) is 11.8 Å². The Morgan fingerprint density at radius 1 is 1.44 bits per heavy atom. The predicted molar refractivity (Wildman–Crippen MR) is 68.7 cm³/mol. The molecule has 3 atom stereocenters. The van der Waals surface area contributed by atoms with Crippen LogP contribution in [0.15, 0.2) is 12.2 Å². The highest BCUT2D eigenvalue weighted by molar-refractivity contribution is 5.85. The minimum atomic E-state index is -0.924. The maximum Gasteiger partial charge on any atom is 0.307 e. The normalized spacial score (nSPS) is 24.0. The van der Waals surface area contributed by atoms with Gasteiger partial charge in [0.1, 0.15) is 0 Å². The van der Waals surface area contributed by atoms with Gasteiger partial charge in [0, 0.05) is 0 Å². The van der Waals surface area contributed by atoms with Gasteiger partial charge < -0.3 is 10.4 Å². The van der Waals surface area contributed by atoms with Crippen LogP contribution in [0.4, 0.5) is 0 Å². The summed E-state index contributed by atoms with van der Waals surface area (Å²) in [5.41, 5.74) is 0. The first-order valence-electron chi connectivity index (χ1n) is 6.24. The first-order chi connectivity index (χ1) is 8.60. The summed E-state index contributed by atoms with van der Waals surface area (Å²) < 4.78 is 0. The minimum Gasteiger partial charge on any atom is -0.481 e. The Labute approximate surface area is 107 Å². The van der Waals surface area contributed by atoms with Crippen LogP contribution in [-0.4, -0.2) is 23.0 Å². The van der Waals surface area contributed by atoms with Gasteiger partial charge in [0.25, 0.3) is 0 Å². The molecular formula is C14H19NO3. The number of rotatable bonds is 5. The summed E-state index contributed by atoms with van der Waals surface area (Å²) in [5, 5.41) is 11.8. The topological polar surface area (TPSA) is 66.4 Å². The third-order valence-electron chi connectivity index (χ3n) is 3.18. The zero-order valence-electron chi connectivity index (χ0n) is 10.6. The van der Waals surface area contributed by atoms with Crippen molar-refractivity contribution >= 4 is 11.9 Å². The van der Waals surface area contributed by atoms with Crippen molar-refractivity contribution in [3.63, 3.8) is 0 Å². The quantitative estimate of drug-likeness (QED) is 0.574. The molecule has 1 unspecified atom stereocenters. The van der Waals surface area contributed by atoms with Crippen LogP contribution in [0.1, 0.15) is 32.6 Å². The Morgan fingerprint density at radius 3 is 2.56 bits per heavy atom. The molecule has 0 bridgehead atoms. The minimum absolute atomic E-state index is 0.247. The van der Waals surface area contributed by atoms with Gasteiger partial charge in [-0.1, -0.05) is 31.4 Å². The summed E-state index contributed by atoms with van der Waals surface area (Å²) >= 11 is 0. The molecule has 1 amide bonds. The molecule has 98 valence electrons. The van der Waals surface area contributed by atoms with Gasteiger partial charge in [-0.05, 0) is 19.3 Å². The first-order valence-corrected chi connectivity index (χ1v) is 6.24. The van der Waals surface area contributed by atoms with E-state index in [4.69, 9.17) is 11.5 Å². The van der Waals surface area contributed by atoms with Crippen LogP contribution in [0.3, 0.4) is 0 Å². The number of carboxylic acids is 1. The van der Waals surface area contributed by atoms with E-state index in [1.807, 2.05) is 19.1 Å². The molecule has 0 spiro atoms. The van der Waals surface area contributed by atoms with E-state index in [1.54, 1.807) is 0 Å². The summed E-state index contributed by atoms with van der Waals surface area (Å²) in [5.74, 6) is 0.192. The second-order valence-corrected chi connectivity index (χ2v) is 4.51. The molecule has 0 heterocycles. The second-order valence-electron chi connectivity index (χ2n) is 4.51. The van der Waals surface area contributed by atoms with Gasteiger partial charge in [-0.2, -0.15) is 0 Å². The van der Waals surface area contributed by atoms with Crippen molar-refractivity contribution in [1.82, 2.24) is 5.32 Å². The molecule has 0 aliphatic heterocycles. The van der Waals surface area contributed by atoms with Gasteiger partial charge >= 0.3 is 5.97 Å². The van der Waals surface area contributed by atoms with Crippen LogP contribution in [0.25, 0.3) is 0 Å². The van der Waals surface area contributed by atoms with E-state index in [0.29, 0.717) is 19.3 Å². The maximum atomic E-state index is 12.1. The Hall–Kier alpha value is -1.76. The lowest BCUT2D eigenvalue weighted by molar-refractivity contribution is -0.147. The third-order valence-corrected chi connectivity index (χ3v) is 3.18. The molecule has 2 N–H and O–H groups in total. The van der Waals surface area contributed by atoms with Gasteiger partial charge in [-0.15, -0.1) is 6.42 Å². The lowest BCUT2D eigenvalue weighted by Crippen LogP contribution is -2.43. The van der Waals surface area contributed by atoms with Crippen LogP contribution < -0.4 is 5.32 Å². The number of nitrogens with one attached hydrogen (secondary N) is 1. The third kappa shape index (κ3) is 3.63. The smallest absolute Gasteiger partial charge is 0.307 e. The molecule has 0 saturated heterocycles. The van der Waals surface area contributed by atoms with Crippen LogP contribution in [0.5, 0.6) is 0 Å². The Bertz CT molecular complexity index is 381. The molecule has 1 rings (SSSR count). The Balaban J connectivity index is 2.67. The fourth-order valence-electron chi connectivity index (χ4n) is 2.14. The van der Waals surface area contributed by atoms with Crippen LogP contribution in [-0.2, 0) is 9.59 Å². The molecule has 4 nitrogen and oxygen atoms in total. The van der Waals surface area contributed by atoms with Crippen LogP contribution in [0.2, 0.25) is 0 Å². The number of hydrogen-bond acceptors (Lipinski definition) is 2. The molecule has 4 heteroatoms. The van der Waals surface area contributed by atoms with Crippen molar-refractivity contribution in [2.75, 3.05) is 0 Å². The Morgan fingerprint density at radius 2 is 2.06 bits per heavy atom. The average molecular weight is 249 g/mol. The summed E-state index contributed by atoms with van der Waals surface area (Å²) in [7, 11) is 0. The SMILES string of the molecule is C#CC(CCC)NC(=O)[C@@H]1CC=CC[C@@H]1C(=O)O. The molecular weight excluding hydrogens is 230 g/mol. The van der Waals surface area contributed by atoms with E-state index in [0.717, 1.165) is 6.42 Å². The summed E-state index contributed by atoms with van der Waals surface area (Å²) in [4.78, 5) is 23.1. The number of carbonyl (C=O) groups excluding carboxylic acids is 1. The highest BCUT2D eigenvalue weighted by Gasteiger charge is 2.34. The molecule has 0 saturated carbocycles. The van der Waals surface area contributed by atoms with E-state index in [2.05, 4.69) is 11.2 Å². The molecule has 0 aromatic carbocycles. The van der Waals surface area contributed by atoms with E-state index < -0.39 is 17.8 Å². The summed E-state index contributed by atoms with van der Waals surface area (Å²) in [6.45, 7) is 1.99. The Kier molecular flexibility index (Phi) is 5.44. The highest BCUT2D eigenvalue weighted by Crippen LogP contribution is 2.26. The average Bonchev–Trinajstić information content (AvgIpc) is 2.38. The lowest BCUT2D eigenvalue weighted by Gasteiger charge is -2.25. The molecule has 1 aliphatic carbocycles. The summed E-state index contributed by atoms with van der Waals surface area (Å²) in [6.07, 6.45) is 11.5. The molecule has 1 aliphatic rings. The fourth-order valence-corrected chi connectivity index (χ4v) is 2.14. The van der Waals surface area contributed by atoms with E-state index in [-0.39, 0.29) is 11.9 Å². The fraction of sp³-hybridized carbons (Fsp3) is 0.571. The van der Waals surface area contributed by atoms with E-state index in [1.165, 1.54) is 0 Å². The van der Waals surface area contributed by atoms with Gasteiger partial charge in [-0.3, -0.25) is 9.59 Å². The molecule has 0 aromatic rings. The van der Waals surface area contributed by atoms with Crippen molar-refractivity contribution in [2.45, 2.75) is 38.6 Å². The van der Waals surface area contributed by atoms with Gasteiger partial charge in [-0.25, -0.2) is 0 Å². The lowest BCUT2D eigenvalue weighted by atomic mass is 9.82. The van der Waals surface area contributed by atoms with Crippen molar-refractivity contribution < 1.29 is 14.7 Å². The maximum absolute atomic E-state index is 12.1. The number of terminal acetylenes is 1. The zero-order chi connectivity index (χ0) is 13.5. The van der Waals surface area contributed by atoms with Crippen molar-refractivity contribution in [3.05, 3.63) is 12.2 Å². The zero-order valence-corrected chi connectivity index (χ0v) is 10.6. The standard InChI is InChI=1S/C14H19NO3/c1-3-7-10(4-2)15-13(16)11-8-5-6-9-12(11)14(17)18/h2,5-6,10-12H,3,7-9H2,1H3,(H,15,16)(H,17,18)/t10?,11-,12+/m1/s1. The van der Waals surface area contributed by atoms with Gasteiger partial charge in [0.15, 0.2) is 0 Å². The molecule has 0 fully saturated rings. The van der Waals surface area contributed by atoms with Crippen LogP contribution in [0, 0.1) is 24.2 Å². The second kappa shape index (κ2) is 6.85. The number of carbonyl (C=O) groups is 2. The van der Waals surface area contributed by atoms with Crippen LogP contribution >= 0.6 is 0 Å². The van der Waals surface area contributed by atoms with E-state index in [9.17, 15) is 9.59 Å². The monoisotopic (exact) mass is 249 g/mol. The number of carboxylic acid groups (broad SMARTS) is 1.